The van der Waals surface area contributed by atoms with Gasteiger partial charge in [0.25, 0.3) is 5.88 Å². The summed E-state index contributed by atoms with van der Waals surface area (Å²) in [7, 11) is 0. The fraction of sp³-hybridized carbons (Fsp3) is 0.0769. The summed E-state index contributed by atoms with van der Waals surface area (Å²) >= 11 is 0. The summed E-state index contributed by atoms with van der Waals surface area (Å²) in [6, 6.07) is 8.18. The number of hydrogen-bond acceptors (Lipinski definition) is 6. The van der Waals surface area contributed by atoms with Crippen LogP contribution in [0.4, 0.5) is 5.69 Å². The van der Waals surface area contributed by atoms with Gasteiger partial charge in [-0.25, -0.2) is 4.79 Å². The molecule has 0 aliphatic heterocycles. The molecule has 0 aliphatic carbocycles. The van der Waals surface area contributed by atoms with Crippen LogP contribution in [0.25, 0.3) is 0 Å². The first kappa shape index (κ1) is 14.4. The van der Waals surface area contributed by atoms with Crippen molar-refractivity contribution in [3.05, 3.63) is 57.8 Å². The summed E-state index contributed by atoms with van der Waals surface area (Å²) in [5.41, 5.74) is -0.155. The van der Waals surface area contributed by atoms with E-state index in [1.807, 2.05) is 0 Å². The molecule has 8 nitrogen and oxygen atoms in total. The number of hydrogen-bond donors (Lipinski definition) is 2. The highest BCUT2D eigenvalue weighted by Gasteiger charge is 2.20. The molecule has 0 unspecified atom stereocenters. The van der Waals surface area contributed by atoms with E-state index in [4.69, 9.17) is 14.9 Å². The van der Waals surface area contributed by atoms with Gasteiger partial charge < -0.3 is 14.9 Å². The molecule has 2 N–H and O–H groups in total. The summed E-state index contributed by atoms with van der Waals surface area (Å²) in [5.74, 6) is -1.48. The second-order valence-electron chi connectivity index (χ2n) is 3.99. The molecule has 0 spiro atoms. The third-order valence-corrected chi connectivity index (χ3v) is 2.58. The van der Waals surface area contributed by atoms with Gasteiger partial charge in [-0.1, -0.05) is 12.1 Å². The highest BCUT2D eigenvalue weighted by atomic mass is 16.6. The lowest BCUT2D eigenvalue weighted by Gasteiger charge is -2.06. The van der Waals surface area contributed by atoms with Crippen LogP contribution in [0.15, 0.2) is 36.4 Å². The SMILES string of the molecule is O=C(O)c1ccc([N+](=O)[O-])c(Oc2ccc(CO)cc2)n1. The van der Waals surface area contributed by atoms with Gasteiger partial charge in [0.2, 0.25) is 0 Å². The molecular weight excluding hydrogens is 280 g/mol. The molecule has 0 atom stereocenters. The predicted octanol–water partition coefficient (Wildman–Crippen LogP) is 1.97. The second-order valence-corrected chi connectivity index (χ2v) is 3.99. The summed E-state index contributed by atoms with van der Waals surface area (Å²) < 4.78 is 5.26. The zero-order valence-corrected chi connectivity index (χ0v) is 10.6. The Balaban J connectivity index is 2.37. The van der Waals surface area contributed by atoms with E-state index in [1.54, 1.807) is 12.1 Å². The lowest BCUT2D eigenvalue weighted by molar-refractivity contribution is -0.386. The Morgan fingerprint density at radius 2 is 1.90 bits per heavy atom. The molecule has 0 bridgehead atoms. The first-order valence-electron chi connectivity index (χ1n) is 5.77. The number of carbonyl (C=O) groups is 1. The topological polar surface area (TPSA) is 123 Å². The zero-order chi connectivity index (χ0) is 15.4. The third kappa shape index (κ3) is 3.31. The Morgan fingerprint density at radius 3 is 2.43 bits per heavy atom. The number of aliphatic hydroxyl groups is 1. The van der Waals surface area contributed by atoms with Crippen molar-refractivity contribution in [3.8, 4) is 11.6 Å². The minimum atomic E-state index is -1.31. The normalized spacial score (nSPS) is 10.1. The van der Waals surface area contributed by atoms with Crippen molar-refractivity contribution in [2.75, 3.05) is 0 Å². The van der Waals surface area contributed by atoms with Crippen LogP contribution in [0.3, 0.4) is 0 Å². The number of rotatable bonds is 5. The van der Waals surface area contributed by atoms with E-state index in [0.717, 1.165) is 12.1 Å². The molecule has 0 saturated carbocycles. The van der Waals surface area contributed by atoms with Crippen LogP contribution in [-0.4, -0.2) is 26.1 Å². The van der Waals surface area contributed by atoms with Crippen LogP contribution < -0.4 is 4.74 Å². The summed E-state index contributed by atoms with van der Waals surface area (Å²) in [4.78, 5) is 24.7. The first-order valence-corrected chi connectivity index (χ1v) is 5.77. The fourth-order valence-corrected chi connectivity index (χ4v) is 1.54. The summed E-state index contributed by atoms with van der Waals surface area (Å²) in [5, 5.41) is 28.7. The fourth-order valence-electron chi connectivity index (χ4n) is 1.54. The number of carboxylic acids is 1. The Bertz CT molecular complexity index is 684. The van der Waals surface area contributed by atoms with Crippen molar-refractivity contribution >= 4 is 11.7 Å². The van der Waals surface area contributed by atoms with E-state index in [-0.39, 0.29) is 18.1 Å². The van der Waals surface area contributed by atoms with Crippen LogP contribution in [0.5, 0.6) is 11.6 Å². The first-order chi connectivity index (χ1) is 10.0. The van der Waals surface area contributed by atoms with Crippen molar-refractivity contribution in [1.29, 1.82) is 0 Å². The molecule has 1 aromatic heterocycles. The molecule has 1 heterocycles. The average Bonchev–Trinajstić information content (AvgIpc) is 2.47. The van der Waals surface area contributed by atoms with Gasteiger partial charge >= 0.3 is 11.7 Å². The second kappa shape index (κ2) is 5.97. The van der Waals surface area contributed by atoms with Crippen molar-refractivity contribution in [2.45, 2.75) is 6.61 Å². The summed E-state index contributed by atoms with van der Waals surface area (Å²) in [6.07, 6.45) is 0. The van der Waals surface area contributed by atoms with Gasteiger partial charge in [-0.2, -0.15) is 4.98 Å². The Labute approximate surface area is 118 Å². The lowest BCUT2D eigenvalue weighted by atomic mass is 10.2. The van der Waals surface area contributed by atoms with Crippen LogP contribution >= 0.6 is 0 Å². The van der Waals surface area contributed by atoms with Crippen molar-refractivity contribution < 1.29 is 24.7 Å². The number of aromatic carboxylic acids is 1. The maximum Gasteiger partial charge on any atom is 0.354 e. The van der Waals surface area contributed by atoms with E-state index < -0.39 is 22.5 Å². The lowest BCUT2D eigenvalue weighted by Crippen LogP contribution is -2.03. The van der Waals surface area contributed by atoms with E-state index in [1.165, 1.54) is 12.1 Å². The van der Waals surface area contributed by atoms with E-state index >= 15 is 0 Å². The molecule has 2 aromatic rings. The molecule has 0 aliphatic rings. The predicted molar refractivity (Wildman–Crippen MR) is 70.3 cm³/mol. The van der Waals surface area contributed by atoms with Gasteiger partial charge in [-0.15, -0.1) is 0 Å². The molecule has 0 amide bonds. The number of aromatic nitrogens is 1. The van der Waals surface area contributed by atoms with E-state index in [0.29, 0.717) is 5.56 Å². The van der Waals surface area contributed by atoms with Gasteiger partial charge in [-0.05, 0) is 23.8 Å². The average molecular weight is 290 g/mol. The molecule has 2 rings (SSSR count). The Hall–Kier alpha value is -3.00. The van der Waals surface area contributed by atoms with Gasteiger partial charge in [0, 0.05) is 6.07 Å². The highest BCUT2D eigenvalue weighted by molar-refractivity contribution is 5.85. The highest BCUT2D eigenvalue weighted by Crippen LogP contribution is 2.29. The molecule has 0 fully saturated rings. The molecule has 21 heavy (non-hydrogen) atoms. The minimum absolute atomic E-state index is 0.146. The van der Waals surface area contributed by atoms with Crippen molar-refractivity contribution in [3.63, 3.8) is 0 Å². The molecule has 0 saturated heterocycles. The van der Waals surface area contributed by atoms with Crippen LogP contribution in [0, 0.1) is 10.1 Å². The monoisotopic (exact) mass is 290 g/mol. The smallest absolute Gasteiger partial charge is 0.354 e. The number of nitro groups is 1. The van der Waals surface area contributed by atoms with Crippen LogP contribution in [0.2, 0.25) is 0 Å². The standard InChI is InChI=1S/C13H10N2O6/c16-7-8-1-3-9(4-2-8)21-12-11(15(19)20)6-5-10(14-12)13(17)18/h1-6,16H,7H2,(H,17,18). The number of carboxylic acid groups (broad SMARTS) is 1. The Kier molecular flexibility index (Phi) is 4.10. The van der Waals surface area contributed by atoms with Crippen LogP contribution in [0.1, 0.15) is 16.1 Å². The van der Waals surface area contributed by atoms with Crippen molar-refractivity contribution in [2.24, 2.45) is 0 Å². The summed E-state index contributed by atoms with van der Waals surface area (Å²) in [6.45, 7) is -0.146. The molecule has 108 valence electrons. The number of nitrogens with zero attached hydrogens (tertiary/aromatic N) is 2. The molecule has 0 radical (unpaired) electrons. The van der Waals surface area contributed by atoms with Gasteiger partial charge in [0.1, 0.15) is 5.75 Å². The molecule has 1 aromatic carbocycles. The zero-order valence-electron chi connectivity index (χ0n) is 10.6. The maximum absolute atomic E-state index is 10.9. The minimum Gasteiger partial charge on any atom is -0.477 e. The van der Waals surface area contributed by atoms with Gasteiger partial charge in [0.05, 0.1) is 11.5 Å². The number of pyridine rings is 1. The van der Waals surface area contributed by atoms with Gasteiger partial charge in [-0.3, -0.25) is 10.1 Å². The maximum atomic E-state index is 10.9. The number of aliphatic hydroxyl groups excluding tert-OH is 1. The van der Waals surface area contributed by atoms with Gasteiger partial charge in [0.15, 0.2) is 5.69 Å². The quantitative estimate of drug-likeness (QED) is 0.637. The number of benzene rings is 1. The van der Waals surface area contributed by atoms with Crippen LogP contribution in [-0.2, 0) is 6.61 Å². The van der Waals surface area contributed by atoms with E-state index in [2.05, 4.69) is 4.98 Å². The van der Waals surface area contributed by atoms with E-state index in [9.17, 15) is 14.9 Å². The van der Waals surface area contributed by atoms with Crippen molar-refractivity contribution in [1.82, 2.24) is 4.98 Å². The molecule has 8 heteroatoms. The Morgan fingerprint density at radius 1 is 1.24 bits per heavy atom. The molecular formula is C13H10N2O6. The third-order valence-electron chi connectivity index (χ3n) is 2.58. The number of ether oxygens (including phenoxy) is 1. The largest absolute Gasteiger partial charge is 0.477 e.